The zero-order valence-electron chi connectivity index (χ0n) is 16.1. The minimum atomic E-state index is -0.643. The van der Waals surface area contributed by atoms with Crippen molar-refractivity contribution in [2.24, 2.45) is 0 Å². The second kappa shape index (κ2) is 8.51. The molecule has 1 fully saturated rings. The molecular weight excluding hydrogens is 328 g/mol. The number of ether oxygens (including phenoxy) is 1. The van der Waals surface area contributed by atoms with E-state index in [9.17, 15) is 9.90 Å². The molecule has 144 valence electrons. The predicted molar refractivity (Wildman–Crippen MR) is 102 cm³/mol. The quantitative estimate of drug-likeness (QED) is 0.817. The van der Waals surface area contributed by atoms with E-state index in [-0.39, 0.29) is 18.5 Å². The van der Waals surface area contributed by atoms with Crippen molar-refractivity contribution in [1.82, 2.24) is 10.2 Å². The van der Waals surface area contributed by atoms with Crippen LogP contribution in [-0.4, -0.2) is 54.9 Å². The lowest BCUT2D eigenvalue weighted by Crippen LogP contribution is -2.48. The molecule has 5 heteroatoms. The van der Waals surface area contributed by atoms with Crippen molar-refractivity contribution >= 4 is 5.91 Å². The first-order valence-corrected chi connectivity index (χ1v) is 9.83. The third-order valence-corrected chi connectivity index (χ3v) is 5.82. The number of methoxy groups -OCH3 is 1. The Hall–Kier alpha value is -1.43. The molecule has 1 aliphatic heterocycles. The summed E-state index contributed by atoms with van der Waals surface area (Å²) in [4.78, 5) is 14.8. The molecule has 1 unspecified atom stereocenters. The van der Waals surface area contributed by atoms with E-state index in [0.717, 1.165) is 38.6 Å². The van der Waals surface area contributed by atoms with E-state index in [1.807, 2.05) is 4.90 Å². The Balaban J connectivity index is 1.62. The predicted octanol–water partition coefficient (Wildman–Crippen LogP) is 2.35. The van der Waals surface area contributed by atoms with Crippen molar-refractivity contribution in [2.75, 3.05) is 33.4 Å². The molecule has 0 bridgehead atoms. The molecule has 1 amide bonds. The number of nitrogens with one attached hydrogen (secondary N) is 1. The lowest BCUT2D eigenvalue weighted by molar-refractivity contribution is -0.134. The molecule has 1 aromatic carbocycles. The average molecular weight is 360 g/mol. The molecule has 1 saturated carbocycles. The number of nitrogens with zero attached hydrogens (tertiary/aromatic N) is 1. The number of amides is 1. The van der Waals surface area contributed by atoms with Crippen molar-refractivity contribution in [2.45, 2.75) is 57.1 Å². The molecule has 26 heavy (non-hydrogen) atoms. The zero-order valence-corrected chi connectivity index (χ0v) is 16.1. The van der Waals surface area contributed by atoms with Gasteiger partial charge in [-0.2, -0.15) is 0 Å². The highest BCUT2D eigenvalue weighted by Crippen LogP contribution is 2.31. The summed E-state index contributed by atoms with van der Waals surface area (Å²) < 4.78 is 5.42. The highest BCUT2D eigenvalue weighted by Gasteiger charge is 2.32. The number of hydrogen-bond donors (Lipinski definition) is 2. The van der Waals surface area contributed by atoms with Crippen molar-refractivity contribution in [1.29, 1.82) is 0 Å². The standard InChI is InChI=1S/C21H32N2O3/c1-16-6-7-17-8-11-23(19(14-26-2)18(17)12-16)20(24)13-22-15-21(25)9-4-3-5-10-21/h6-7,12,19,22,25H,3-5,8-11,13-15H2,1-2H3. The number of hydrogen-bond acceptors (Lipinski definition) is 4. The van der Waals surface area contributed by atoms with Crippen LogP contribution < -0.4 is 5.32 Å². The molecule has 0 aromatic heterocycles. The fourth-order valence-electron chi connectivity index (χ4n) is 4.34. The Labute approximate surface area is 156 Å². The highest BCUT2D eigenvalue weighted by molar-refractivity contribution is 5.79. The van der Waals surface area contributed by atoms with E-state index in [4.69, 9.17) is 4.74 Å². The summed E-state index contributed by atoms with van der Waals surface area (Å²) in [6.45, 7) is 4.07. The first-order valence-electron chi connectivity index (χ1n) is 9.83. The van der Waals surface area contributed by atoms with Crippen LogP contribution in [0.25, 0.3) is 0 Å². The summed E-state index contributed by atoms with van der Waals surface area (Å²) in [6.07, 6.45) is 5.89. The van der Waals surface area contributed by atoms with Gasteiger partial charge < -0.3 is 20.1 Å². The number of aliphatic hydroxyl groups is 1. The van der Waals surface area contributed by atoms with E-state index in [1.165, 1.54) is 23.1 Å². The number of fused-ring (bicyclic) bond motifs is 1. The Morgan fingerprint density at radius 1 is 1.35 bits per heavy atom. The first kappa shape index (κ1) is 19.3. The summed E-state index contributed by atoms with van der Waals surface area (Å²) in [7, 11) is 1.68. The van der Waals surface area contributed by atoms with E-state index in [2.05, 4.69) is 30.4 Å². The second-order valence-electron chi connectivity index (χ2n) is 7.90. The number of rotatable bonds is 6. The van der Waals surface area contributed by atoms with E-state index in [1.54, 1.807) is 7.11 Å². The Kier molecular flexibility index (Phi) is 6.33. The van der Waals surface area contributed by atoms with Gasteiger partial charge in [0.25, 0.3) is 0 Å². The minimum absolute atomic E-state index is 0.0317. The molecule has 0 saturated heterocycles. The van der Waals surface area contributed by atoms with Crippen LogP contribution in [-0.2, 0) is 16.0 Å². The van der Waals surface area contributed by atoms with Crippen LogP contribution >= 0.6 is 0 Å². The van der Waals surface area contributed by atoms with Gasteiger partial charge in [-0.3, -0.25) is 4.79 Å². The lowest BCUT2D eigenvalue weighted by Gasteiger charge is -2.38. The normalized spacial score (nSPS) is 22.1. The third-order valence-electron chi connectivity index (χ3n) is 5.82. The van der Waals surface area contributed by atoms with Crippen molar-refractivity contribution in [3.8, 4) is 0 Å². The van der Waals surface area contributed by atoms with E-state index >= 15 is 0 Å². The minimum Gasteiger partial charge on any atom is -0.389 e. The molecule has 0 radical (unpaired) electrons. The van der Waals surface area contributed by atoms with Crippen LogP contribution in [0.15, 0.2) is 18.2 Å². The van der Waals surface area contributed by atoms with Gasteiger partial charge in [-0.15, -0.1) is 0 Å². The summed E-state index contributed by atoms with van der Waals surface area (Å²) in [6, 6.07) is 6.45. The van der Waals surface area contributed by atoms with Crippen LogP contribution in [0.3, 0.4) is 0 Å². The highest BCUT2D eigenvalue weighted by atomic mass is 16.5. The lowest BCUT2D eigenvalue weighted by atomic mass is 9.85. The van der Waals surface area contributed by atoms with Gasteiger partial charge in [0.1, 0.15) is 0 Å². The number of benzene rings is 1. The maximum Gasteiger partial charge on any atom is 0.237 e. The Morgan fingerprint density at radius 2 is 2.12 bits per heavy atom. The van der Waals surface area contributed by atoms with E-state index in [0.29, 0.717) is 13.2 Å². The Bertz CT molecular complexity index is 626. The second-order valence-corrected chi connectivity index (χ2v) is 7.90. The van der Waals surface area contributed by atoms with Gasteiger partial charge in [-0.05, 0) is 37.3 Å². The summed E-state index contributed by atoms with van der Waals surface area (Å²) in [5, 5.41) is 13.8. The summed E-state index contributed by atoms with van der Waals surface area (Å²) in [5.74, 6) is 0.0821. The topological polar surface area (TPSA) is 61.8 Å². The van der Waals surface area contributed by atoms with Gasteiger partial charge in [0.05, 0.1) is 24.8 Å². The van der Waals surface area contributed by atoms with Gasteiger partial charge in [-0.1, -0.05) is 43.0 Å². The molecule has 2 N–H and O–H groups in total. The Morgan fingerprint density at radius 3 is 2.85 bits per heavy atom. The molecule has 2 aliphatic rings. The fourth-order valence-corrected chi connectivity index (χ4v) is 4.34. The van der Waals surface area contributed by atoms with Gasteiger partial charge in [0.2, 0.25) is 5.91 Å². The molecular formula is C21H32N2O3. The molecule has 1 atom stereocenters. The van der Waals surface area contributed by atoms with Crippen LogP contribution in [0.4, 0.5) is 0 Å². The van der Waals surface area contributed by atoms with Crippen molar-refractivity contribution in [3.63, 3.8) is 0 Å². The molecule has 1 aromatic rings. The van der Waals surface area contributed by atoms with Gasteiger partial charge >= 0.3 is 0 Å². The zero-order chi connectivity index (χ0) is 18.6. The smallest absolute Gasteiger partial charge is 0.237 e. The monoisotopic (exact) mass is 360 g/mol. The number of aryl methyl sites for hydroxylation is 1. The van der Waals surface area contributed by atoms with E-state index < -0.39 is 5.60 Å². The summed E-state index contributed by atoms with van der Waals surface area (Å²) in [5.41, 5.74) is 3.08. The number of carbonyl (C=O) groups excluding carboxylic acids is 1. The molecule has 0 spiro atoms. The maximum absolute atomic E-state index is 12.9. The maximum atomic E-state index is 12.9. The van der Waals surface area contributed by atoms with Gasteiger partial charge in [0.15, 0.2) is 0 Å². The van der Waals surface area contributed by atoms with Gasteiger partial charge in [0, 0.05) is 20.2 Å². The first-order chi connectivity index (χ1) is 12.5. The number of carbonyl (C=O) groups is 1. The van der Waals surface area contributed by atoms with Crippen LogP contribution in [0, 0.1) is 6.92 Å². The fraction of sp³-hybridized carbons (Fsp3) is 0.667. The molecule has 5 nitrogen and oxygen atoms in total. The largest absolute Gasteiger partial charge is 0.389 e. The van der Waals surface area contributed by atoms with Crippen LogP contribution in [0.2, 0.25) is 0 Å². The summed E-state index contributed by atoms with van der Waals surface area (Å²) >= 11 is 0. The average Bonchev–Trinajstić information content (AvgIpc) is 2.62. The van der Waals surface area contributed by atoms with Crippen LogP contribution in [0.1, 0.15) is 54.8 Å². The molecule has 1 aliphatic carbocycles. The SMILES string of the molecule is COCC1c2cc(C)ccc2CCN1C(=O)CNCC1(O)CCCCC1. The van der Waals surface area contributed by atoms with Crippen molar-refractivity contribution in [3.05, 3.63) is 34.9 Å². The molecule has 3 rings (SSSR count). The molecule has 1 heterocycles. The van der Waals surface area contributed by atoms with Gasteiger partial charge in [-0.25, -0.2) is 0 Å². The van der Waals surface area contributed by atoms with Crippen LogP contribution in [0.5, 0.6) is 0 Å². The third kappa shape index (κ3) is 4.45. The van der Waals surface area contributed by atoms with Crippen molar-refractivity contribution < 1.29 is 14.6 Å².